The summed E-state index contributed by atoms with van der Waals surface area (Å²) in [5, 5.41) is 9.02. The third-order valence-corrected chi connectivity index (χ3v) is 3.66. The summed E-state index contributed by atoms with van der Waals surface area (Å²) >= 11 is 6.16. The fourth-order valence-corrected chi connectivity index (χ4v) is 2.44. The van der Waals surface area contributed by atoms with Crippen LogP contribution in [0.15, 0.2) is 35.0 Å². The van der Waals surface area contributed by atoms with Crippen LogP contribution in [0.25, 0.3) is 10.9 Å². The molecular formula is C15H14ClN3O. The van der Waals surface area contributed by atoms with Crippen molar-refractivity contribution < 1.29 is 4.52 Å². The van der Waals surface area contributed by atoms with Crippen LogP contribution >= 0.6 is 11.6 Å². The summed E-state index contributed by atoms with van der Waals surface area (Å²) < 4.78 is 5.17. The van der Waals surface area contributed by atoms with Crippen LogP contribution in [0, 0.1) is 13.8 Å². The van der Waals surface area contributed by atoms with Crippen molar-refractivity contribution in [2.45, 2.75) is 20.4 Å². The molecule has 4 nitrogen and oxygen atoms in total. The standard InChI is InChI=1S/C15H14ClN3O/c1-9-12(10(2)20-19-9)8-18-14-6-5-13(16)15-11(14)4-3-7-17-15/h3-7,18H,8H2,1-2H3. The molecule has 0 saturated carbocycles. The summed E-state index contributed by atoms with van der Waals surface area (Å²) in [6.07, 6.45) is 1.74. The molecule has 0 fully saturated rings. The fourth-order valence-electron chi connectivity index (χ4n) is 2.23. The van der Waals surface area contributed by atoms with Gasteiger partial charge >= 0.3 is 0 Å². The second kappa shape index (κ2) is 5.13. The van der Waals surface area contributed by atoms with E-state index in [1.54, 1.807) is 6.20 Å². The molecule has 0 atom stereocenters. The normalized spacial score (nSPS) is 10.9. The predicted octanol–water partition coefficient (Wildman–Crippen LogP) is 4.11. The number of aryl methyl sites for hydroxylation is 2. The van der Waals surface area contributed by atoms with Crippen molar-refractivity contribution >= 4 is 28.2 Å². The number of halogens is 1. The van der Waals surface area contributed by atoms with Crippen molar-refractivity contribution in [1.29, 1.82) is 0 Å². The van der Waals surface area contributed by atoms with E-state index < -0.39 is 0 Å². The molecule has 0 aliphatic carbocycles. The molecule has 0 unspecified atom stereocenters. The molecule has 1 N–H and O–H groups in total. The highest BCUT2D eigenvalue weighted by Gasteiger charge is 2.10. The Labute approximate surface area is 121 Å². The Balaban J connectivity index is 1.94. The van der Waals surface area contributed by atoms with Gasteiger partial charge in [0.05, 0.1) is 16.2 Å². The van der Waals surface area contributed by atoms with Crippen molar-refractivity contribution in [2.75, 3.05) is 5.32 Å². The van der Waals surface area contributed by atoms with Gasteiger partial charge in [-0.05, 0) is 38.1 Å². The quantitative estimate of drug-likeness (QED) is 0.788. The molecular weight excluding hydrogens is 274 g/mol. The van der Waals surface area contributed by atoms with Gasteiger partial charge in [-0.25, -0.2) is 0 Å². The number of fused-ring (bicyclic) bond motifs is 1. The summed E-state index contributed by atoms with van der Waals surface area (Å²) in [5.74, 6) is 0.839. The van der Waals surface area contributed by atoms with Crippen LogP contribution < -0.4 is 5.32 Å². The van der Waals surface area contributed by atoms with Gasteiger partial charge in [0.1, 0.15) is 5.76 Å². The largest absolute Gasteiger partial charge is 0.380 e. The molecule has 5 heteroatoms. The van der Waals surface area contributed by atoms with E-state index in [0.717, 1.165) is 33.6 Å². The first-order chi connectivity index (χ1) is 9.66. The Morgan fingerprint density at radius 2 is 2.10 bits per heavy atom. The van der Waals surface area contributed by atoms with Crippen molar-refractivity contribution in [2.24, 2.45) is 0 Å². The van der Waals surface area contributed by atoms with E-state index >= 15 is 0 Å². The van der Waals surface area contributed by atoms with Crippen molar-refractivity contribution in [1.82, 2.24) is 10.1 Å². The summed E-state index contributed by atoms with van der Waals surface area (Å²) in [7, 11) is 0. The minimum Gasteiger partial charge on any atom is -0.380 e. The third kappa shape index (κ3) is 2.23. The van der Waals surface area contributed by atoms with Crippen LogP contribution in [0.4, 0.5) is 5.69 Å². The molecule has 0 radical (unpaired) electrons. The zero-order valence-corrected chi connectivity index (χ0v) is 12.0. The lowest BCUT2D eigenvalue weighted by atomic mass is 10.1. The van der Waals surface area contributed by atoms with E-state index in [0.29, 0.717) is 11.6 Å². The third-order valence-electron chi connectivity index (χ3n) is 3.36. The summed E-state index contributed by atoms with van der Waals surface area (Å²) in [6.45, 7) is 4.51. The number of hydrogen-bond acceptors (Lipinski definition) is 4. The van der Waals surface area contributed by atoms with Crippen LogP contribution in [0.3, 0.4) is 0 Å². The van der Waals surface area contributed by atoms with Crippen LogP contribution in [0.2, 0.25) is 5.02 Å². The van der Waals surface area contributed by atoms with Gasteiger partial charge in [0.2, 0.25) is 0 Å². The smallest absolute Gasteiger partial charge is 0.138 e. The topological polar surface area (TPSA) is 51.0 Å². The van der Waals surface area contributed by atoms with E-state index in [4.69, 9.17) is 16.1 Å². The Bertz CT molecular complexity index is 747. The van der Waals surface area contributed by atoms with Gasteiger partial charge in [0.25, 0.3) is 0 Å². The van der Waals surface area contributed by atoms with E-state index in [1.807, 2.05) is 38.1 Å². The maximum Gasteiger partial charge on any atom is 0.138 e. The monoisotopic (exact) mass is 287 g/mol. The van der Waals surface area contributed by atoms with Crippen molar-refractivity contribution in [3.8, 4) is 0 Å². The predicted molar refractivity (Wildman–Crippen MR) is 80.1 cm³/mol. The van der Waals surface area contributed by atoms with Gasteiger partial charge in [0.15, 0.2) is 0 Å². The number of anilines is 1. The summed E-state index contributed by atoms with van der Waals surface area (Å²) in [4.78, 5) is 4.32. The Morgan fingerprint density at radius 3 is 2.85 bits per heavy atom. The molecule has 0 amide bonds. The molecule has 3 rings (SSSR count). The SMILES string of the molecule is Cc1noc(C)c1CNc1ccc(Cl)c2ncccc12. The molecule has 0 bridgehead atoms. The Hall–Kier alpha value is -2.07. The molecule has 20 heavy (non-hydrogen) atoms. The van der Waals surface area contributed by atoms with Gasteiger partial charge in [-0.3, -0.25) is 4.98 Å². The lowest BCUT2D eigenvalue weighted by Gasteiger charge is -2.10. The van der Waals surface area contributed by atoms with Crippen LogP contribution in [0.5, 0.6) is 0 Å². The maximum atomic E-state index is 6.16. The Morgan fingerprint density at radius 1 is 1.25 bits per heavy atom. The first-order valence-electron chi connectivity index (χ1n) is 6.35. The number of hydrogen-bond donors (Lipinski definition) is 1. The molecule has 2 heterocycles. The van der Waals surface area contributed by atoms with Gasteiger partial charge in [-0.1, -0.05) is 16.8 Å². The maximum absolute atomic E-state index is 6.16. The van der Waals surface area contributed by atoms with E-state index in [1.165, 1.54) is 0 Å². The average Bonchev–Trinajstić information content (AvgIpc) is 2.78. The number of benzene rings is 1. The number of nitrogens with zero attached hydrogens (tertiary/aromatic N) is 2. The summed E-state index contributed by atoms with van der Waals surface area (Å²) in [6, 6.07) is 7.72. The molecule has 3 aromatic rings. The van der Waals surface area contributed by atoms with Gasteiger partial charge in [-0.15, -0.1) is 0 Å². The number of rotatable bonds is 3. The molecule has 0 spiro atoms. The van der Waals surface area contributed by atoms with Crippen LogP contribution in [0.1, 0.15) is 17.0 Å². The first kappa shape index (κ1) is 12.9. The Kier molecular flexibility index (Phi) is 3.32. The zero-order chi connectivity index (χ0) is 14.1. The number of pyridine rings is 1. The van der Waals surface area contributed by atoms with Gasteiger partial charge in [-0.2, -0.15) is 0 Å². The van der Waals surface area contributed by atoms with Crippen LogP contribution in [-0.4, -0.2) is 10.1 Å². The fraction of sp³-hybridized carbons (Fsp3) is 0.200. The molecule has 102 valence electrons. The van der Waals surface area contributed by atoms with Crippen molar-refractivity contribution in [3.05, 3.63) is 52.5 Å². The van der Waals surface area contributed by atoms with E-state index in [9.17, 15) is 0 Å². The van der Waals surface area contributed by atoms with E-state index in [-0.39, 0.29) is 0 Å². The molecule has 0 aliphatic rings. The van der Waals surface area contributed by atoms with Crippen molar-refractivity contribution in [3.63, 3.8) is 0 Å². The number of aromatic nitrogens is 2. The highest BCUT2D eigenvalue weighted by molar-refractivity contribution is 6.35. The first-order valence-corrected chi connectivity index (χ1v) is 6.73. The average molecular weight is 288 g/mol. The van der Waals surface area contributed by atoms with Gasteiger partial charge < -0.3 is 9.84 Å². The lowest BCUT2D eigenvalue weighted by molar-refractivity contribution is 0.392. The van der Waals surface area contributed by atoms with Crippen LogP contribution in [-0.2, 0) is 6.54 Å². The van der Waals surface area contributed by atoms with Gasteiger partial charge in [0, 0.05) is 29.4 Å². The summed E-state index contributed by atoms with van der Waals surface area (Å²) in [5.41, 5.74) is 3.79. The molecule has 1 aromatic carbocycles. The van der Waals surface area contributed by atoms with E-state index in [2.05, 4.69) is 15.5 Å². The lowest BCUT2D eigenvalue weighted by Crippen LogP contribution is -2.02. The molecule has 0 saturated heterocycles. The second-order valence-corrected chi connectivity index (χ2v) is 5.06. The molecule has 0 aliphatic heterocycles. The molecule has 2 aromatic heterocycles. The zero-order valence-electron chi connectivity index (χ0n) is 11.3. The highest BCUT2D eigenvalue weighted by Crippen LogP contribution is 2.28. The second-order valence-electron chi connectivity index (χ2n) is 4.65. The highest BCUT2D eigenvalue weighted by atomic mass is 35.5. The number of nitrogens with one attached hydrogen (secondary N) is 1. The minimum atomic E-state index is 0.656. The minimum absolute atomic E-state index is 0.656.